The van der Waals surface area contributed by atoms with E-state index in [-0.39, 0.29) is 11.6 Å². The summed E-state index contributed by atoms with van der Waals surface area (Å²) in [5.74, 6) is 0.344. The van der Waals surface area contributed by atoms with E-state index in [4.69, 9.17) is 11.6 Å². The number of aryl methyl sites for hydroxylation is 1. The molecule has 2 aromatic carbocycles. The Bertz CT molecular complexity index is 836. The first-order chi connectivity index (χ1) is 12.7. The molecule has 0 atom stereocenters. The maximum Gasteiger partial charge on any atom is 0.275 e. The molecule has 0 spiro atoms. The topological polar surface area (TPSA) is 66.9 Å². The highest BCUT2D eigenvalue weighted by Gasteiger charge is 2.08. The summed E-state index contributed by atoms with van der Waals surface area (Å²) in [6.07, 6.45) is 5.03. The highest BCUT2D eigenvalue weighted by atomic mass is 35.5. The highest BCUT2D eigenvalue weighted by Crippen LogP contribution is 2.14. The number of hydrogen-bond acceptors (Lipinski definition) is 4. The van der Waals surface area contributed by atoms with Crippen LogP contribution in [0.15, 0.2) is 67.0 Å². The Morgan fingerprint density at radius 3 is 2.42 bits per heavy atom. The van der Waals surface area contributed by atoms with E-state index in [9.17, 15) is 4.79 Å². The largest absolute Gasteiger partial charge is 0.369 e. The molecule has 0 unspecified atom stereocenters. The molecule has 3 rings (SSSR count). The van der Waals surface area contributed by atoms with E-state index in [2.05, 4.69) is 32.7 Å². The number of anilines is 2. The zero-order chi connectivity index (χ0) is 18.2. The molecule has 1 aromatic heterocycles. The standard InChI is InChI=1S/C20H19ClN4O/c21-16-8-10-17(11-9-16)25-20(26)18-13-24-19(14-23-18)22-12-4-7-15-5-2-1-3-6-15/h1-3,5-6,8-11,13-14H,4,7,12H2,(H,22,24)(H,25,26). The molecule has 0 radical (unpaired) electrons. The normalized spacial score (nSPS) is 10.3. The Hall–Kier alpha value is -2.92. The van der Waals surface area contributed by atoms with Crippen molar-refractivity contribution in [2.45, 2.75) is 12.8 Å². The van der Waals surface area contributed by atoms with E-state index in [0.29, 0.717) is 16.5 Å². The maximum absolute atomic E-state index is 12.2. The molecule has 0 aliphatic carbocycles. The number of aromatic nitrogens is 2. The summed E-state index contributed by atoms with van der Waals surface area (Å²) in [5, 5.41) is 6.59. The van der Waals surface area contributed by atoms with Gasteiger partial charge in [-0.2, -0.15) is 0 Å². The Labute approximate surface area is 157 Å². The predicted octanol–water partition coefficient (Wildman–Crippen LogP) is 4.43. The summed E-state index contributed by atoms with van der Waals surface area (Å²) < 4.78 is 0. The molecule has 26 heavy (non-hydrogen) atoms. The predicted molar refractivity (Wildman–Crippen MR) is 105 cm³/mol. The molecule has 3 aromatic rings. The van der Waals surface area contributed by atoms with Crippen LogP contribution >= 0.6 is 11.6 Å². The van der Waals surface area contributed by atoms with Crippen LogP contribution in [0.5, 0.6) is 0 Å². The first-order valence-corrected chi connectivity index (χ1v) is 8.75. The second-order valence-corrected chi connectivity index (χ2v) is 6.20. The SMILES string of the molecule is O=C(Nc1ccc(Cl)cc1)c1cnc(NCCCc2ccccc2)cn1. The Kier molecular flexibility index (Phi) is 6.17. The molecule has 6 heteroatoms. The van der Waals surface area contributed by atoms with Gasteiger partial charge in [-0.25, -0.2) is 9.97 Å². The van der Waals surface area contributed by atoms with Crippen molar-refractivity contribution in [3.63, 3.8) is 0 Å². The molecule has 0 saturated heterocycles. The second-order valence-electron chi connectivity index (χ2n) is 5.76. The van der Waals surface area contributed by atoms with Crippen LogP contribution in [0.2, 0.25) is 5.02 Å². The van der Waals surface area contributed by atoms with Crippen molar-refractivity contribution in [2.24, 2.45) is 0 Å². The lowest BCUT2D eigenvalue weighted by molar-refractivity contribution is 0.102. The van der Waals surface area contributed by atoms with Crippen molar-refractivity contribution in [1.29, 1.82) is 0 Å². The van der Waals surface area contributed by atoms with E-state index >= 15 is 0 Å². The van der Waals surface area contributed by atoms with E-state index in [0.717, 1.165) is 19.4 Å². The minimum Gasteiger partial charge on any atom is -0.369 e. The van der Waals surface area contributed by atoms with Gasteiger partial charge in [0.15, 0.2) is 0 Å². The van der Waals surface area contributed by atoms with Gasteiger partial charge in [0.05, 0.1) is 12.4 Å². The number of benzene rings is 2. The molecule has 5 nitrogen and oxygen atoms in total. The van der Waals surface area contributed by atoms with Gasteiger partial charge in [0.25, 0.3) is 5.91 Å². The number of carbonyl (C=O) groups is 1. The third-order valence-corrected chi connectivity index (χ3v) is 4.03. The lowest BCUT2D eigenvalue weighted by Crippen LogP contribution is -2.14. The molecule has 2 N–H and O–H groups in total. The monoisotopic (exact) mass is 366 g/mol. The Morgan fingerprint density at radius 2 is 1.73 bits per heavy atom. The van der Waals surface area contributed by atoms with Gasteiger partial charge in [0.2, 0.25) is 0 Å². The van der Waals surface area contributed by atoms with Crippen LogP contribution in [-0.4, -0.2) is 22.4 Å². The summed E-state index contributed by atoms with van der Waals surface area (Å²) in [4.78, 5) is 20.6. The number of nitrogens with zero attached hydrogens (tertiary/aromatic N) is 2. The first kappa shape index (κ1) is 17.9. The fourth-order valence-corrected chi connectivity index (χ4v) is 2.54. The van der Waals surface area contributed by atoms with E-state index in [1.165, 1.54) is 11.8 Å². The van der Waals surface area contributed by atoms with Crippen LogP contribution in [0.4, 0.5) is 11.5 Å². The second kappa shape index (κ2) is 8.97. The van der Waals surface area contributed by atoms with Gasteiger partial charge in [0, 0.05) is 17.3 Å². The van der Waals surface area contributed by atoms with Crippen molar-refractivity contribution < 1.29 is 4.79 Å². The average Bonchev–Trinajstić information content (AvgIpc) is 2.68. The molecule has 0 aliphatic heterocycles. The highest BCUT2D eigenvalue weighted by molar-refractivity contribution is 6.30. The number of nitrogens with one attached hydrogen (secondary N) is 2. The summed E-state index contributed by atoms with van der Waals surface area (Å²) >= 11 is 5.83. The lowest BCUT2D eigenvalue weighted by atomic mass is 10.1. The molecule has 0 fully saturated rings. The smallest absolute Gasteiger partial charge is 0.275 e. The maximum atomic E-state index is 12.2. The summed E-state index contributed by atoms with van der Waals surface area (Å²) in [6.45, 7) is 0.792. The minimum atomic E-state index is -0.310. The zero-order valence-electron chi connectivity index (χ0n) is 14.2. The lowest BCUT2D eigenvalue weighted by Gasteiger charge is -2.07. The summed E-state index contributed by atoms with van der Waals surface area (Å²) in [5.41, 5.74) is 2.23. The van der Waals surface area contributed by atoms with Gasteiger partial charge >= 0.3 is 0 Å². The first-order valence-electron chi connectivity index (χ1n) is 8.37. The quantitative estimate of drug-likeness (QED) is 0.607. The molecule has 0 aliphatic rings. The number of halogens is 1. The van der Waals surface area contributed by atoms with Crippen LogP contribution < -0.4 is 10.6 Å². The van der Waals surface area contributed by atoms with Gasteiger partial charge < -0.3 is 10.6 Å². The molecule has 132 valence electrons. The van der Waals surface area contributed by atoms with Crippen LogP contribution in [-0.2, 0) is 6.42 Å². The van der Waals surface area contributed by atoms with Gasteiger partial charge in [-0.1, -0.05) is 41.9 Å². The summed E-state index contributed by atoms with van der Waals surface area (Å²) in [7, 11) is 0. The molecule has 0 saturated carbocycles. The van der Waals surface area contributed by atoms with E-state index < -0.39 is 0 Å². The molecular formula is C20H19ClN4O. The Balaban J connectivity index is 1.46. The molecular weight excluding hydrogens is 348 g/mol. The molecule has 1 heterocycles. The number of carbonyl (C=O) groups excluding carboxylic acids is 1. The molecule has 1 amide bonds. The van der Waals surface area contributed by atoms with Gasteiger partial charge in [-0.05, 0) is 42.7 Å². The van der Waals surface area contributed by atoms with Crippen LogP contribution in [0.1, 0.15) is 22.5 Å². The van der Waals surface area contributed by atoms with Crippen molar-refractivity contribution in [3.05, 3.63) is 83.3 Å². The van der Waals surface area contributed by atoms with Crippen molar-refractivity contribution in [3.8, 4) is 0 Å². The van der Waals surface area contributed by atoms with Gasteiger partial charge in [0.1, 0.15) is 11.5 Å². The van der Waals surface area contributed by atoms with Crippen LogP contribution in [0, 0.1) is 0 Å². The van der Waals surface area contributed by atoms with Gasteiger partial charge in [-0.15, -0.1) is 0 Å². The van der Waals surface area contributed by atoms with Crippen LogP contribution in [0.3, 0.4) is 0 Å². The summed E-state index contributed by atoms with van der Waals surface area (Å²) in [6, 6.07) is 17.2. The van der Waals surface area contributed by atoms with Gasteiger partial charge in [-0.3, -0.25) is 4.79 Å². The third-order valence-electron chi connectivity index (χ3n) is 3.78. The zero-order valence-corrected chi connectivity index (χ0v) is 14.9. The minimum absolute atomic E-state index is 0.259. The average molecular weight is 367 g/mol. The third kappa shape index (κ3) is 5.29. The fourth-order valence-electron chi connectivity index (χ4n) is 2.42. The number of amides is 1. The number of rotatable bonds is 7. The van der Waals surface area contributed by atoms with Crippen LogP contribution in [0.25, 0.3) is 0 Å². The molecule has 0 bridgehead atoms. The van der Waals surface area contributed by atoms with E-state index in [1.54, 1.807) is 30.5 Å². The van der Waals surface area contributed by atoms with Crippen molar-refractivity contribution >= 4 is 29.0 Å². The van der Waals surface area contributed by atoms with Crippen molar-refractivity contribution in [1.82, 2.24) is 9.97 Å². The van der Waals surface area contributed by atoms with Crippen molar-refractivity contribution in [2.75, 3.05) is 17.2 Å². The number of hydrogen-bond donors (Lipinski definition) is 2. The Morgan fingerprint density at radius 1 is 0.962 bits per heavy atom. The fraction of sp³-hybridized carbons (Fsp3) is 0.150. The van der Waals surface area contributed by atoms with E-state index in [1.807, 2.05) is 18.2 Å².